The van der Waals surface area contributed by atoms with E-state index >= 15 is 0 Å². The highest BCUT2D eigenvalue weighted by Crippen LogP contribution is 2.23. The predicted molar refractivity (Wildman–Crippen MR) is 84.0 cm³/mol. The van der Waals surface area contributed by atoms with Crippen molar-refractivity contribution in [1.82, 2.24) is 25.1 Å². The fourth-order valence-electron chi connectivity index (χ4n) is 2.63. The molecule has 3 heterocycles. The van der Waals surface area contributed by atoms with Crippen molar-refractivity contribution in [2.24, 2.45) is 0 Å². The molecule has 122 valence electrons. The zero-order valence-corrected chi connectivity index (χ0v) is 13.0. The van der Waals surface area contributed by atoms with Crippen LogP contribution in [0.1, 0.15) is 23.7 Å². The number of carbonyl (C=O) groups is 1. The van der Waals surface area contributed by atoms with Gasteiger partial charge in [-0.1, -0.05) is 0 Å². The van der Waals surface area contributed by atoms with Crippen LogP contribution in [0.5, 0.6) is 0 Å². The minimum Gasteiger partial charge on any atom is -0.386 e. The number of nitrogens with zero attached hydrogens (tertiary/aromatic N) is 5. The molecule has 0 radical (unpaired) electrons. The van der Waals surface area contributed by atoms with Gasteiger partial charge in [0.15, 0.2) is 0 Å². The van der Waals surface area contributed by atoms with Crippen LogP contribution in [0, 0.1) is 0 Å². The summed E-state index contributed by atoms with van der Waals surface area (Å²) in [5.41, 5.74) is -0.480. The summed E-state index contributed by atoms with van der Waals surface area (Å²) in [5, 5.41) is 17.5. The van der Waals surface area contributed by atoms with Crippen LogP contribution in [0.2, 0.25) is 0 Å². The van der Waals surface area contributed by atoms with E-state index in [2.05, 4.69) is 20.4 Å². The maximum atomic E-state index is 12.1. The molecule has 8 nitrogen and oxygen atoms in total. The van der Waals surface area contributed by atoms with Gasteiger partial charge in [-0.2, -0.15) is 5.10 Å². The molecule has 1 aliphatic heterocycles. The normalized spacial score (nSPS) is 20.7. The average Bonchev–Trinajstić information content (AvgIpc) is 3.21. The van der Waals surface area contributed by atoms with Crippen molar-refractivity contribution in [1.29, 1.82) is 0 Å². The fraction of sp³-hybridized carbons (Fsp3) is 0.467. The van der Waals surface area contributed by atoms with Crippen molar-refractivity contribution in [3.8, 4) is 0 Å². The topological polar surface area (TPSA) is 96.2 Å². The average molecular weight is 316 g/mol. The standard InChI is InChI=1S/C15H20N6O2/c1-2-21-9-12(8-19-21)13(22)18-10-15(23)4-7-20(11-15)14-16-5-3-6-17-14/h3,5-6,8-9,23H,2,4,7,10-11H2,1H3,(H,18,22). The van der Waals surface area contributed by atoms with Gasteiger partial charge < -0.3 is 15.3 Å². The SMILES string of the molecule is CCn1cc(C(=O)NCC2(O)CCN(c3ncccn3)C2)cn1. The molecule has 23 heavy (non-hydrogen) atoms. The van der Waals surface area contributed by atoms with Crippen LogP contribution in [0.15, 0.2) is 30.9 Å². The van der Waals surface area contributed by atoms with Crippen LogP contribution in [-0.2, 0) is 6.54 Å². The second kappa shape index (κ2) is 6.33. The maximum Gasteiger partial charge on any atom is 0.254 e. The summed E-state index contributed by atoms with van der Waals surface area (Å²) in [6, 6.07) is 1.75. The molecule has 1 atom stereocenters. The Morgan fingerprint density at radius 2 is 2.22 bits per heavy atom. The van der Waals surface area contributed by atoms with Crippen molar-refractivity contribution in [3.05, 3.63) is 36.4 Å². The lowest BCUT2D eigenvalue weighted by Crippen LogP contribution is -2.45. The van der Waals surface area contributed by atoms with Gasteiger partial charge in [0.05, 0.1) is 18.3 Å². The third-order valence-corrected chi connectivity index (χ3v) is 3.96. The van der Waals surface area contributed by atoms with E-state index in [0.29, 0.717) is 37.6 Å². The Hall–Kier alpha value is -2.48. The monoisotopic (exact) mass is 316 g/mol. The lowest BCUT2D eigenvalue weighted by atomic mass is 10.0. The van der Waals surface area contributed by atoms with Crippen molar-refractivity contribution in [2.45, 2.75) is 25.5 Å². The van der Waals surface area contributed by atoms with Gasteiger partial charge in [0.25, 0.3) is 5.91 Å². The Kier molecular flexibility index (Phi) is 4.24. The van der Waals surface area contributed by atoms with E-state index in [1.54, 1.807) is 29.3 Å². The molecule has 1 aliphatic rings. The number of β-amino-alcohol motifs (C(OH)–C–C–N with tert-alkyl or cyclic N) is 1. The predicted octanol–water partition coefficient (Wildman–Crippen LogP) is 0.0642. The van der Waals surface area contributed by atoms with Gasteiger partial charge in [-0.3, -0.25) is 9.48 Å². The van der Waals surface area contributed by atoms with Crippen LogP contribution in [0.3, 0.4) is 0 Å². The molecular formula is C15H20N6O2. The molecule has 0 aromatic carbocycles. The molecule has 2 N–H and O–H groups in total. The number of anilines is 1. The summed E-state index contributed by atoms with van der Waals surface area (Å²) in [7, 11) is 0. The smallest absolute Gasteiger partial charge is 0.254 e. The van der Waals surface area contributed by atoms with Crippen LogP contribution < -0.4 is 10.2 Å². The summed E-state index contributed by atoms with van der Waals surface area (Å²) >= 11 is 0. The molecular weight excluding hydrogens is 296 g/mol. The molecule has 2 aromatic heterocycles. The molecule has 8 heteroatoms. The lowest BCUT2D eigenvalue weighted by Gasteiger charge is -2.23. The number of hydrogen-bond acceptors (Lipinski definition) is 6. The van der Waals surface area contributed by atoms with Gasteiger partial charge in [-0.15, -0.1) is 0 Å². The van der Waals surface area contributed by atoms with Gasteiger partial charge in [0, 0.05) is 38.2 Å². The van der Waals surface area contributed by atoms with Crippen LogP contribution >= 0.6 is 0 Å². The van der Waals surface area contributed by atoms with E-state index in [-0.39, 0.29) is 12.5 Å². The van der Waals surface area contributed by atoms with Gasteiger partial charge in [-0.25, -0.2) is 9.97 Å². The Balaban J connectivity index is 1.56. The minimum absolute atomic E-state index is 0.187. The first-order valence-electron chi connectivity index (χ1n) is 7.65. The molecule has 1 fully saturated rings. The third-order valence-electron chi connectivity index (χ3n) is 3.96. The summed E-state index contributed by atoms with van der Waals surface area (Å²) in [4.78, 5) is 22.4. The fourth-order valence-corrected chi connectivity index (χ4v) is 2.63. The molecule has 2 aromatic rings. The van der Waals surface area contributed by atoms with Crippen molar-refractivity contribution < 1.29 is 9.90 Å². The number of hydrogen-bond donors (Lipinski definition) is 2. The number of aryl methyl sites for hydroxylation is 1. The summed E-state index contributed by atoms with van der Waals surface area (Å²) in [6.45, 7) is 3.90. The highest BCUT2D eigenvalue weighted by molar-refractivity contribution is 5.93. The second-order valence-electron chi connectivity index (χ2n) is 5.71. The first-order valence-corrected chi connectivity index (χ1v) is 7.65. The minimum atomic E-state index is -0.977. The number of rotatable bonds is 5. The Labute approximate surface area is 134 Å². The van der Waals surface area contributed by atoms with Crippen LogP contribution in [0.25, 0.3) is 0 Å². The molecule has 1 saturated heterocycles. The van der Waals surface area contributed by atoms with Gasteiger partial charge in [0.1, 0.15) is 5.60 Å². The molecule has 3 rings (SSSR count). The molecule has 0 saturated carbocycles. The number of aliphatic hydroxyl groups is 1. The van der Waals surface area contributed by atoms with E-state index in [1.807, 2.05) is 11.8 Å². The Bertz CT molecular complexity index is 674. The molecule has 0 spiro atoms. The summed E-state index contributed by atoms with van der Waals surface area (Å²) in [6.07, 6.45) is 7.12. The largest absolute Gasteiger partial charge is 0.386 e. The highest BCUT2D eigenvalue weighted by atomic mass is 16.3. The van der Waals surface area contributed by atoms with E-state index in [0.717, 1.165) is 0 Å². The lowest BCUT2D eigenvalue weighted by molar-refractivity contribution is 0.0575. The maximum absolute atomic E-state index is 12.1. The van der Waals surface area contributed by atoms with Crippen molar-refractivity contribution in [3.63, 3.8) is 0 Å². The number of amides is 1. The first-order chi connectivity index (χ1) is 11.1. The zero-order chi connectivity index (χ0) is 16.3. The van der Waals surface area contributed by atoms with Crippen LogP contribution in [-0.4, -0.2) is 56.0 Å². The quantitative estimate of drug-likeness (QED) is 0.810. The molecule has 1 unspecified atom stereocenters. The summed E-state index contributed by atoms with van der Waals surface area (Å²) in [5.74, 6) is 0.367. The molecule has 0 bridgehead atoms. The molecule has 0 aliphatic carbocycles. The van der Waals surface area contributed by atoms with E-state index in [9.17, 15) is 9.90 Å². The first kappa shape index (κ1) is 15.4. The number of carbonyl (C=O) groups excluding carboxylic acids is 1. The molecule has 1 amide bonds. The van der Waals surface area contributed by atoms with Gasteiger partial charge >= 0.3 is 0 Å². The van der Waals surface area contributed by atoms with Crippen molar-refractivity contribution >= 4 is 11.9 Å². The zero-order valence-electron chi connectivity index (χ0n) is 13.0. The highest BCUT2D eigenvalue weighted by Gasteiger charge is 2.37. The van der Waals surface area contributed by atoms with Gasteiger partial charge in [-0.05, 0) is 19.4 Å². The number of nitrogens with one attached hydrogen (secondary N) is 1. The summed E-state index contributed by atoms with van der Waals surface area (Å²) < 4.78 is 1.69. The third kappa shape index (κ3) is 3.48. The van der Waals surface area contributed by atoms with E-state index in [1.165, 1.54) is 6.20 Å². The van der Waals surface area contributed by atoms with Crippen LogP contribution in [0.4, 0.5) is 5.95 Å². The second-order valence-corrected chi connectivity index (χ2v) is 5.71. The Morgan fingerprint density at radius 3 is 2.91 bits per heavy atom. The van der Waals surface area contributed by atoms with Gasteiger partial charge in [0.2, 0.25) is 5.95 Å². The number of aromatic nitrogens is 4. The van der Waals surface area contributed by atoms with E-state index < -0.39 is 5.60 Å². The van der Waals surface area contributed by atoms with E-state index in [4.69, 9.17) is 0 Å². The van der Waals surface area contributed by atoms with Crippen molar-refractivity contribution in [2.75, 3.05) is 24.5 Å². The Morgan fingerprint density at radius 1 is 1.43 bits per heavy atom.